The molecule has 0 saturated heterocycles. The summed E-state index contributed by atoms with van der Waals surface area (Å²) in [5, 5.41) is 0. The molecular formula is C9H6Cl3F3O4S. The third-order valence-corrected chi connectivity index (χ3v) is 2.88. The Balaban J connectivity index is 2.73. The predicted octanol–water partition coefficient (Wildman–Crippen LogP) is 3.72. The summed E-state index contributed by atoms with van der Waals surface area (Å²) in [6, 6.07) is 2.94. The number of hydrogen-bond donors (Lipinski definition) is 0. The molecule has 0 radical (unpaired) electrons. The quantitative estimate of drug-likeness (QED) is 0.755. The molecule has 0 bridgehead atoms. The van der Waals surface area contributed by atoms with Gasteiger partial charge in [0, 0.05) is 0 Å². The molecular weight excluding hydrogens is 368 g/mol. The summed E-state index contributed by atoms with van der Waals surface area (Å²) in [6.07, 6.45) is -4.54. The first-order chi connectivity index (χ1) is 8.89. The van der Waals surface area contributed by atoms with Crippen LogP contribution in [-0.2, 0) is 20.8 Å². The van der Waals surface area contributed by atoms with Crippen molar-refractivity contribution in [1.29, 1.82) is 0 Å². The van der Waals surface area contributed by atoms with Gasteiger partial charge in [0.25, 0.3) is 0 Å². The van der Waals surface area contributed by atoms with Crippen LogP contribution in [0.2, 0.25) is 0 Å². The van der Waals surface area contributed by atoms with Crippen molar-refractivity contribution in [3.63, 3.8) is 0 Å². The second kappa shape index (κ2) is 6.15. The van der Waals surface area contributed by atoms with E-state index in [9.17, 15) is 21.6 Å². The van der Waals surface area contributed by atoms with E-state index in [0.717, 1.165) is 12.1 Å². The van der Waals surface area contributed by atoms with Crippen LogP contribution in [-0.4, -0.2) is 18.8 Å². The highest BCUT2D eigenvalue weighted by molar-refractivity contribution is 7.82. The van der Waals surface area contributed by atoms with E-state index in [1.54, 1.807) is 0 Å². The lowest BCUT2D eigenvalue weighted by molar-refractivity contribution is -0.137. The summed E-state index contributed by atoms with van der Waals surface area (Å²) in [6.45, 7) is -0.805. The van der Waals surface area contributed by atoms with E-state index >= 15 is 0 Å². The second-order valence-corrected chi connectivity index (χ2v) is 7.13. The van der Waals surface area contributed by atoms with Gasteiger partial charge in [-0.05, 0) is 24.3 Å². The van der Waals surface area contributed by atoms with Gasteiger partial charge >= 0.3 is 16.6 Å². The highest BCUT2D eigenvalue weighted by Crippen LogP contribution is 2.31. The predicted molar refractivity (Wildman–Crippen MR) is 67.2 cm³/mol. The zero-order valence-electron chi connectivity index (χ0n) is 9.33. The normalized spacial score (nSPS) is 13.3. The Labute approximate surface area is 127 Å². The van der Waals surface area contributed by atoms with Gasteiger partial charge in [-0.1, -0.05) is 34.8 Å². The molecule has 0 N–H and O–H groups in total. The summed E-state index contributed by atoms with van der Waals surface area (Å²) in [5.74, 6) is -0.373. The van der Waals surface area contributed by atoms with Crippen molar-refractivity contribution in [1.82, 2.24) is 0 Å². The molecule has 0 atom stereocenters. The van der Waals surface area contributed by atoms with Gasteiger partial charge in [0.1, 0.15) is 12.4 Å². The molecule has 0 spiro atoms. The molecule has 1 aromatic rings. The maximum atomic E-state index is 12.3. The Hall–Kier alpha value is -0.410. The molecule has 0 saturated carbocycles. The number of alkyl halides is 6. The van der Waals surface area contributed by atoms with E-state index in [0.29, 0.717) is 12.1 Å². The lowest BCUT2D eigenvalue weighted by atomic mass is 10.2. The van der Waals surface area contributed by atoms with Gasteiger partial charge in [-0.2, -0.15) is 21.6 Å². The van der Waals surface area contributed by atoms with E-state index in [2.05, 4.69) is 8.37 Å². The highest BCUT2D eigenvalue weighted by Gasteiger charge is 2.30. The Bertz CT molecular complexity index is 551. The third kappa shape index (κ3) is 6.36. The fourth-order valence-electron chi connectivity index (χ4n) is 0.980. The largest absolute Gasteiger partial charge is 0.449 e. The molecule has 1 rings (SSSR count). The SMILES string of the molecule is O=S(=O)(OCC(Cl)(Cl)Cl)Oc1ccc(C(F)(F)F)cc1. The van der Waals surface area contributed by atoms with Crippen molar-refractivity contribution >= 4 is 45.2 Å². The Morgan fingerprint density at radius 1 is 1.05 bits per heavy atom. The lowest BCUT2D eigenvalue weighted by Crippen LogP contribution is -2.21. The van der Waals surface area contributed by atoms with Crippen LogP contribution in [0.3, 0.4) is 0 Å². The number of halogens is 6. The molecule has 114 valence electrons. The number of hydrogen-bond acceptors (Lipinski definition) is 4. The van der Waals surface area contributed by atoms with E-state index in [1.807, 2.05) is 0 Å². The molecule has 1 aromatic carbocycles. The van der Waals surface area contributed by atoms with Crippen molar-refractivity contribution in [3.8, 4) is 5.75 Å². The molecule has 0 aliphatic rings. The zero-order valence-corrected chi connectivity index (χ0v) is 12.4. The number of rotatable bonds is 4. The molecule has 11 heteroatoms. The molecule has 4 nitrogen and oxygen atoms in total. The van der Waals surface area contributed by atoms with Crippen LogP contribution in [0.5, 0.6) is 5.75 Å². The topological polar surface area (TPSA) is 52.6 Å². The van der Waals surface area contributed by atoms with Gasteiger partial charge in [0.2, 0.25) is 3.79 Å². The Kier molecular flexibility index (Phi) is 5.42. The fraction of sp³-hybridized carbons (Fsp3) is 0.333. The van der Waals surface area contributed by atoms with Crippen molar-refractivity contribution in [2.24, 2.45) is 0 Å². The zero-order chi connectivity index (χ0) is 15.6. The van der Waals surface area contributed by atoms with Crippen LogP contribution in [0, 0.1) is 0 Å². The first kappa shape index (κ1) is 17.6. The molecule has 0 heterocycles. The minimum Gasteiger partial charge on any atom is -0.362 e. The van der Waals surface area contributed by atoms with Gasteiger partial charge in [0.05, 0.1) is 5.56 Å². The van der Waals surface area contributed by atoms with Gasteiger partial charge < -0.3 is 4.18 Å². The van der Waals surface area contributed by atoms with Crippen molar-refractivity contribution < 1.29 is 30.0 Å². The fourth-order valence-corrected chi connectivity index (χ4v) is 2.05. The monoisotopic (exact) mass is 372 g/mol. The highest BCUT2D eigenvalue weighted by atomic mass is 35.6. The van der Waals surface area contributed by atoms with Gasteiger partial charge in [-0.3, -0.25) is 0 Å². The van der Waals surface area contributed by atoms with Crippen LogP contribution < -0.4 is 4.18 Å². The number of benzene rings is 1. The standard InChI is InChI=1S/C9H6Cl3F3O4S/c10-8(11,12)5-18-20(16,17)19-7-3-1-6(2-4-7)9(13,14)15/h1-4H,5H2. The smallest absolute Gasteiger partial charge is 0.362 e. The Morgan fingerprint density at radius 2 is 1.55 bits per heavy atom. The molecule has 20 heavy (non-hydrogen) atoms. The molecule has 0 unspecified atom stereocenters. The van der Waals surface area contributed by atoms with Gasteiger partial charge in [-0.25, -0.2) is 4.18 Å². The first-order valence-corrected chi connectivity index (χ1v) is 7.19. The summed E-state index contributed by atoms with van der Waals surface area (Å²) in [4.78, 5) is 0. The van der Waals surface area contributed by atoms with Crippen molar-refractivity contribution in [2.75, 3.05) is 6.61 Å². The maximum absolute atomic E-state index is 12.3. The second-order valence-electron chi connectivity index (χ2n) is 3.39. The minimum absolute atomic E-state index is 0.373. The van der Waals surface area contributed by atoms with Gasteiger partial charge in [0.15, 0.2) is 0 Å². The lowest BCUT2D eigenvalue weighted by Gasteiger charge is -2.12. The van der Waals surface area contributed by atoms with E-state index < -0.39 is 32.5 Å². The average Bonchev–Trinajstić information content (AvgIpc) is 2.25. The summed E-state index contributed by atoms with van der Waals surface area (Å²) >= 11 is 15.8. The molecule has 0 aliphatic carbocycles. The average molecular weight is 374 g/mol. The molecule has 0 amide bonds. The molecule has 0 fully saturated rings. The summed E-state index contributed by atoms with van der Waals surface area (Å²) in [7, 11) is -4.55. The van der Waals surface area contributed by atoms with Crippen molar-refractivity contribution in [2.45, 2.75) is 9.97 Å². The first-order valence-electron chi connectivity index (χ1n) is 4.72. The summed E-state index contributed by atoms with van der Waals surface area (Å²) in [5.41, 5.74) is -0.954. The molecule has 0 aliphatic heterocycles. The molecule has 0 aromatic heterocycles. The van der Waals surface area contributed by atoms with Crippen LogP contribution in [0.15, 0.2) is 24.3 Å². The van der Waals surface area contributed by atoms with Crippen molar-refractivity contribution in [3.05, 3.63) is 29.8 Å². The van der Waals surface area contributed by atoms with Gasteiger partial charge in [-0.15, -0.1) is 0 Å². The van der Waals surface area contributed by atoms with E-state index in [1.165, 1.54) is 0 Å². The minimum atomic E-state index is -4.55. The van der Waals surface area contributed by atoms with Crippen LogP contribution in [0.25, 0.3) is 0 Å². The van der Waals surface area contributed by atoms with E-state index in [4.69, 9.17) is 34.8 Å². The summed E-state index contributed by atoms with van der Waals surface area (Å²) < 4.78 is 66.0. The van der Waals surface area contributed by atoms with Crippen LogP contribution in [0.1, 0.15) is 5.56 Å². The Morgan fingerprint density at radius 3 is 1.95 bits per heavy atom. The van der Waals surface area contributed by atoms with E-state index in [-0.39, 0.29) is 5.75 Å². The third-order valence-electron chi connectivity index (χ3n) is 1.75. The van der Waals surface area contributed by atoms with Crippen LogP contribution >= 0.6 is 34.8 Å². The van der Waals surface area contributed by atoms with Crippen LogP contribution in [0.4, 0.5) is 13.2 Å². The maximum Gasteiger partial charge on any atom is 0.449 e.